The standard InChI is InChI=1S/C21H19N3O3S2/c1-24(29(2,26)27)17-7-8-18-14(11-17)12-19(28-18)20(25)23-16-5-3-15(4-6-16)21(13-22)9-10-21/h3-8,11-12H,9-10H2,1-2H3,(H,23,25). The van der Waals surface area contributed by atoms with Gasteiger partial charge >= 0.3 is 0 Å². The fraction of sp³-hybridized carbons (Fsp3) is 0.238. The first kappa shape index (κ1) is 19.4. The number of benzene rings is 2. The first-order chi connectivity index (χ1) is 13.7. The van der Waals surface area contributed by atoms with Crippen LogP contribution in [0.3, 0.4) is 0 Å². The summed E-state index contributed by atoms with van der Waals surface area (Å²) < 4.78 is 25.6. The molecule has 0 saturated heterocycles. The molecule has 1 amide bonds. The number of rotatable bonds is 5. The average Bonchev–Trinajstić information content (AvgIpc) is 3.38. The molecule has 0 unspecified atom stereocenters. The van der Waals surface area contributed by atoms with Crippen molar-refractivity contribution in [1.29, 1.82) is 5.26 Å². The first-order valence-corrected chi connectivity index (χ1v) is 11.7. The maximum atomic E-state index is 12.7. The van der Waals surface area contributed by atoms with E-state index in [2.05, 4.69) is 11.4 Å². The molecule has 3 aromatic rings. The number of sulfonamides is 1. The number of carbonyl (C=O) groups is 1. The van der Waals surface area contributed by atoms with E-state index in [1.54, 1.807) is 18.2 Å². The summed E-state index contributed by atoms with van der Waals surface area (Å²) in [5, 5.41) is 13.0. The molecule has 0 spiro atoms. The molecule has 0 aliphatic heterocycles. The summed E-state index contributed by atoms with van der Waals surface area (Å²) >= 11 is 1.35. The van der Waals surface area contributed by atoms with Crippen LogP contribution in [0.15, 0.2) is 48.5 Å². The molecule has 1 saturated carbocycles. The van der Waals surface area contributed by atoms with Crippen molar-refractivity contribution in [3.63, 3.8) is 0 Å². The van der Waals surface area contributed by atoms with Crippen LogP contribution in [0.4, 0.5) is 11.4 Å². The van der Waals surface area contributed by atoms with Crippen molar-refractivity contribution >= 4 is 48.7 Å². The van der Waals surface area contributed by atoms with E-state index in [0.29, 0.717) is 16.3 Å². The van der Waals surface area contributed by atoms with Crippen molar-refractivity contribution in [1.82, 2.24) is 0 Å². The molecule has 6 nitrogen and oxygen atoms in total. The van der Waals surface area contributed by atoms with Gasteiger partial charge in [-0.25, -0.2) is 8.42 Å². The smallest absolute Gasteiger partial charge is 0.265 e. The number of hydrogen-bond donors (Lipinski definition) is 1. The number of thiophene rings is 1. The SMILES string of the molecule is CN(c1ccc2sc(C(=O)Nc3ccc(C4(C#N)CC4)cc3)cc2c1)S(C)(=O)=O. The van der Waals surface area contributed by atoms with Gasteiger partial charge in [0.1, 0.15) is 0 Å². The van der Waals surface area contributed by atoms with Gasteiger partial charge in [0.25, 0.3) is 5.91 Å². The second kappa shape index (κ2) is 6.87. The molecule has 1 aromatic heterocycles. The van der Waals surface area contributed by atoms with Crippen molar-refractivity contribution in [3.05, 3.63) is 59.0 Å². The van der Waals surface area contributed by atoms with E-state index in [9.17, 15) is 18.5 Å². The minimum Gasteiger partial charge on any atom is -0.321 e. The molecule has 148 valence electrons. The zero-order valence-corrected chi connectivity index (χ0v) is 17.6. The van der Waals surface area contributed by atoms with Gasteiger partial charge < -0.3 is 5.32 Å². The minimum atomic E-state index is -3.35. The molecule has 29 heavy (non-hydrogen) atoms. The Kier molecular flexibility index (Phi) is 4.60. The van der Waals surface area contributed by atoms with Crippen LogP contribution in [-0.4, -0.2) is 27.6 Å². The number of amides is 1. The van der Waals surface area contributed by atoms with Crippen molar-refractivity contribution < 1.29 is 13.2 Å². The van der Waals surface area contributed by atoms with Gasteiger partial charge in [-0.1, -0.05) is 12.1 Å². The predicted molar refractivity (Wildman–Crippen MR) is 116 cm³/mol. The normalized spacial score (nSPS) is 14.9. The van der Waals surface area contributed by atoms with Gasteiger partial charge in [-0.15, -0.1) is 11.3 Å². The lowest BCUT2D eigenvalue weighted by atomic mass is 9.98. The fourth-order valence-electron chi connectivity index (χ4n) is 3.19. The van der Waals surface area contributed by atoms with E-state index in [0.717, 1.165) is 34.7 Å². The van der Waals surface area contributed by atoms with E-state index in [-0.39, 0.29) is 11.3 Å². The molecule has 1 heterocycles. The summed E-state index contributed by atoms with van der Waals surface area (Å²) in [7, 11) is -1.85. The molecular weight excluding hydrogens is 406 g/mol. The Labute approximate surface area is 173 Å². The monoisotopic (exact) mass is 425 g/mol. The highest BCUT2D eigenvalue weighted by molar-refractivity contribution is 7.92. The number of anilines is 2. The van der Waals surface area contributed by atoms with Crippen LogP contribution >= 0.6 is 11.3 Å². The highest BCUT2D eigenvalue weighted by Gasteiger charge is 2.44. The Morgan fingerprint density at radius 3 is 2.45 bits per heavy atom. The lowest BCUT2D eigenvalue weighted by molar-refractivity contribution is 0.103. The van der Waals surface area contributed by atoms with Crippen LogP contribution in [-0.2, 0) is 15.4 Å². The summed E-state index contributed by atoms with van der Waals surface area (Å²) in [5.74, 6) is -0.224. The zero-order valence-electron chi connectivity index (χ0n) is 16.0. The van der Waals surface area contributed by atoms with E-state index in [1.807, 2.05) is 30.3 Å². The highest BCUT2D eigenvalue weighted by Crippen LogP contribution is 2.47. The van der Waals surface area contributed by atoms with Crippen LogP contribution < -0.4 is 9.62 Å². The maximum Gasteiger partial charge on any atom is 0.265 e. The van der Waals surface area contributed by atoms with Crippen LogP contribution in [0.2, 0.25) is 0 Å². The molecule has 1 aliphatic rings. The zero-order chi connectivity index (χ0) is 20.8. The molecule has 4 rings (SSSR count). The van der Waals surface area contributed by atoms with Gasteiger partial charge in [0.2, 0.25) is 10.0 Å². The Bertz CT molecular complexity index is 1250. The van der Waals surface area contributed by atoms with Gasteiger partial charge in [0, 0.05) is 17.4 Å². The molecule has 0 radical (unpaired) electrons. The summed E-state index contributed by atoms with van der Waals surface area (Å²) in [4.78, 5) is 13.2. The van der Waals surface area contributed by atoms with Crippen LogP contribution in [0.25, 0.3) is 10.1 Å². The second-order valence-corrected chi connectivity index (χ2v) is 10.4. The number of nitriles is 1. The van der Waals surface area contributed by atoms with Crippen molar-refractivity contribution in [2.75, 3.05) is 22.9 Å². The summed E-state index contributed by atoms with van der Waals surface area (Å²) in [6, 6.07) is 16.8. The van der Waals surface area contributed by atoms with Crippen molar-refractivity contribution in [2.45, 2.75) is 18.3 Å². The van der Waals surface area contributed by atoms with Gasteiger partial charge in [0.15, 0.2) is 0 Å². The Morgan fingerprint density at radius 1 is 1.17 bits per heavy atom. The lowest BCUT2D eigenvalue weighted by Crippen LogP contribution is -2.24. The minimum absolute atomic E-state index is 0.224. The van der Waals surface area contributed by atoms with Crippen molar-refractivity contribution in [2.24, 2.45) is 0 Å². The number of nitrogens with one attached hydrogen (secondary N) is 1. The maximum absolute atomic E-state index is 12.7. The van der Waals surface area contributed by atoms with Crippen LogP contribution in [0, 0.1) is 11.3 Å². The topological polar surface area (TPSA) is 90.3 Å². The van der Waals surface area contributed by atoms with Gasteiger partial charge in [-0.2, -0.15) is 5.26 Å². The predicted octanol–water partition coefficient (Wildman–Crippen LogP) is 4.10. The third kappa shape index (κ3) is 3.71. The Balaban J connectivity index is 1.53. The average molecular weight is 426 g/mol. The third-order valence-electron chi connectivity index (χ3n) is 5.24. The van der Waals surface area contributed by atoms with Crippen LogP contribution in [0.1, 0.15) is 28.1 Å². The molecule has 0 bridgehead atoms. The second-order valence-electron chi connectivity index (χ2n) is 7.29. The molecule has 1 aliphatic carbocycles. The Morgan fingerprint density at radius 2 is 1.86 bits per heavy atom. The summed E-state index contributed by atoms with van der Waals surface area (Å²) in [6.07, 6.45) is 2.91. The molecule has 0 atom stereocenters. The largest absolute Gasteiger partial charge is 0.321 e. The number of hydrogen-bond acceptors (Lipinski definition) is 5. The molecule has 1 fully saturated rings. The van der Waals surface area contributed by atoms with E-state index in [1.165, 1.54) is 22.7 Å². The van der Waals surface area contributed by atoms with E-state index >= 15 is 0 Å². The number of nitrogens with zero attached hydrogens (tertiary/aromatic N) is 2. The molecule has 2 aromatic carbocycles. The summed E-state index contributed by atoms with van der Waals surface area (Å²) in [6.45, 7) is 0. The third-order valence-corrected chi connectivity index (χ3v) is 7.56. The first-order valence-electron chi connectivity index (χ1n) is 9.02. The lowest BCUT2D eigenvalue weighted by Gasteiger charge is -2.16. The van der Waals surface area contributed by atoms with Crippen molar-refractivity contribution in [3.8, 4) is 6.07 Å². The van der Waals surface area contributed by atoms with Gasteiger partial charge in [0.05, 0.1) is 28.3 Å². The van der Waals surface area contributed by atoms with Gasteiger partial charge in [-0.3, -0.25) is 9.10 Å². The molecular formula is C21H19N3O3S2. The quantitative estimate of drug-likeness (QED) is 0.666. The summed E-state index contributed by atoms with van der Waals surface area (Å²) in [5.41, 5.74) is 1.86. The molecule has 8 heteroatoms. The number of fused-ring (bicyclic) bond motifs is 1. The van der Waals surface area contributed by atoms with E-state index < -0.39 is 10.0 Å². The fourth-order valence-corrected chi connectivity index (χ4v) is 4.62. The van der Waals surface area contributed by atoms with Gasteiger partial charge in [-0.05, 0) is 60.2 Å². The highest BCUT2D eigenvalue weighted by atomic mass is 32.2. The Hall–Kier alpha value is -2.89. The molecule has 1 N–H and O–H groups in total. The van der Waals surface area contributed by atoms with E-state index in [4.69, 9.17) is 0 Å². The number of carbonyl (C=O) groups excluding carboxylic acids is 1. The van der Waals surface area contributed by atoms with Crippen LogP contribution in [0.5, 0.6) is 0 Å².